The summed E-state index contributed by atoms with van der Waals surface area (Å²) < 4.78 is 33.8. The fourth-order valence-corrected chi connectivity index (χ4v) is 4.75. The zero-order valence-corrected chi connectivity index (χ0v) is 15.9. The number of benzene rings is 1. The van der Waals surface area contributed by atoms with Gasteiger partial charge in [0.05, 0.1) is 5.69 Å². The molecule has 4 rings (SSSR count). The van der Waals surface area contributed by atoms with E-state index in [4.69, 9.17) is 4.42 Å². The van der Waals surface area contributed by atoms with Gasteiger partial charge >= 0.3 is 0 Å². The zero-order valence-electron chi connectivity index (χ0n) is 15.1. The molecule has 2 aromatic heterocycles. The average molecular weight is 402 g/mol. The normalized spacial score (nSPS) is 15.0. The number of sulfonamides is 1. The topological polar surface area (TPSA) is 123 Å². The second kappa shape index (κ2) is 7.17. The van der Waals surface area contributed by atoms with Crippen molar-refractivity contribution in [2.75, 3.05) is 18.4 Å². The van der Waals surface area contributed by atoms with Gasteiger partial charge < -0.3 is 9.73 Å². The van der Waals surface area contributed by atoms with Crippen molar-refractivity contribution < 1.29 is 17.6 Å². The minimum absolute atomic E-state index is 0.0357. The monoisotopic (exact) mass is 402 g/mol. The first-order chi connectivity index (χ1) is 13.4. The van der Waals surface area contributed by atoms with Crippen LogP contribution in [-0.2, 0) is 10.0 Å². The van der Waals surface area contributed by atoms with E-state index in [1.165, 1.54) is 21.4 Å². The fraction of sp³-hybridized carbons (Fsp3) is 0.294. The van der Waals surface area contributed by atoms with Crippen molar-refractivity contribution in [2.45, 2.75) is 24.7 Å². The van der Waals surface area contributed by atoms with Gasteiger partial charge in [0.25, 0.3) is 5.91 Å². The highest BCUT2D eigenvalue weighted by Crippen LogP contribution is 2.26. The first-order valence-corrected chi connectivity index (χ1v) is 10.1. The number of hydrogen-bond donors (Lipinski definition) is 1. The molecule has 1 saturated heterocycles. The molecule has 0 saturated carbocycles. The summed E-state index contributed by atoms with van der Waals surface area (Å²) in [5, 5.41) is 13.6. The Morgan fingerprint density at radius 2 is 1.89 bits per heavy atom. The molecule has 0 radical (unpaired) electrons. The molecule has 3 aromatic rings. The Kier molecular flexibility index (Phi) is 4.69. The van der Waals surface area contributed by atoms with Gasteiger partial charge in [-0.25, -0.2) is 13.1 Å². The van der Waals surface area contributed by atoms with Crippen LogP contribution in [-0.4, -0.2) is 51.9 Å². The number of nitrogens with zero attached hydrogens (tertiary/aromatic N) is 5. The molecule has 1 aliphatic heterocycles. The third-order valence-corrected chi connectivity index (χ3v) is 6.52. The van der Waals surface area contributed by atoms with Gasteiger partial charge in [0.2, 0.25) is 10.0 Å². The highest BCUT2D eigenvalue weighted by Gasteiger charge is 2.31. The predicted molar refractivity (Wildman–Crippen MR) is 98.5 cm³/mol. The molecule has 1 N–H and O–H groups in total. The number of anilines is 1. The average Bonchev–Trinajstić information content (AvgIpc) is 3.44. The molecular weight excluding hydrogens is 384 g/mol. The second-order valence-corrected chi connectivity index (χ2v) is 8.30. The zero-order chi connectivity index (χ0) is 19.7. The molecule has 1 aliphatic rings. The highest BCUT2D eigenvalue weighted by molar-refractivity contribution is 7.89. The molecule has 0 atom stereocenters. The molecule has 1 fully saturated rings. The van der Waals surface area contributed by atoms with Crippen LogP contribution in [0.5, 0.6) is 0 Å². The van der Waals surface area contributed by atoms with E-state index in [0.717, 1.165) is 18.5 Å². The smallest absolute Gasteiger partial charge is 0.291 e. The van der Waals surface area contributed by atoms with Gasteiger partial charge in [-0.15, -0.1) is 5.10 Å². The number of nitrogens with one attached hydrogen (secondary N) is 1. The third kappa shape index (κ3) is 3.41. The van der Waals surface area contributed by atoms with Crippen LogP contribution in [0.15, 0.2) is 46.0 Å². The first kappa shape index (κ1) is 18.3. The second-order valence-electron chi connectivity index (χ2n) is 6.40. The van der Waals surface area contributed by atoms with E-state index in [0.29, 0.717) is 18.8 Å². The van der Waals surface area contributed by atoms with Gasteiger partial charge in [0.1, 0.15) is 17.0 Å². The van der Waals surface area contributed by atoms with Crippen LogP contribution in [0.3, 0.4) is 0 Å². The number of furan rings is 1. The highest BCUT2D eigenvalue weighted by atomic mass is 32.2. The van der Waals surface area contributed by atoms with Crippen molar-refractivity contribution >= 4 is 21.6 Å². The number of aromatic nitrogens is 4. The summed E-state index contributed by atoms with van der Waals surface area (Å²) in [4.78, 5) is 12.5. The Morgan fingerprint density at radius 3 is 2.54 bits per heavy atom. The van der Waals surface area contributed by atoms with Gasteiger partial charge in [-0.05, 0) is 54.5 Å². The van der Waals surface area contributed by atoms with Crippen molar-refractivity contribution in [3.63, 3.8) is 0 Å². The summed E-state index contributed by atoms with van der Waals surface area (Å²) in [6.45, 7) is 2.52. The van der Waals surface area contributed by atoms with E-state index in [2.05, 4.69) is 20.8 Å². The molecule has 11 heteroatoms. The molecule has 28 heavy (non-hydrogen) atoms. The molecule has 0 unspecified atom stereocenters. The molecule has 0 aliphatic carbocycles. The van der Waals surface area contributed by atoms with Crippen LogP contribution < -0.4 is 5.32 Å². The molecule has 3 heterocycles. The van der Waals surface area contributed by atoms with Crippen LogP contribution in [0.2, 0.25) is 0 Å². The van der Waals surface area contributed by atoms with Gasteiger partial charge in [-0.2, -0.15) is 4.31 Å². The minimum Gasteiger partial charge on any atom is -0.455 e. The lowest BCUT2D eigenvalue weighted by atomic mass is 10.2. The Balaban J connectivity index is 1.51. The van der Waals surface area contributed by atoms with Crippen molar-refractivity contribution in [3.8, 4) is 5.69 Å². The largest absolute Gasteiger partial charge is 0.455 e. The number of hydrogen-bond acceptors (Lipinski definition) is 7. The van der Waals surface area contributed by atoms with Crippen LogP contribution in [0.4, 0.5) is 5.69 Å². The predicted octanol–water partition coefficient (Wildman–Crippen LogP) is 1.60. The Hall–Kier alpha value is -3.05. The SMILES string of the molecule is Cc1oc(C(=O)Nc2ccc(-n3cnnn3)cc2)cc1S(=O)(=O)N1CCCC1. The van der Waals surface area contributed by atoms with E-state index in [-0.39, 0.29) is 16.4 Å². The first-order valence-electron chi connectivity index (χ1n) is 8.70. The van der Waals surface area contributed by atoms with E-state index in [1.54, 1.807) is 31.2 Å². The maximum absolute atomic E-state index is 12.7. The van der Waals surface area contributed by atoms with Gasteiger partial charge in [-0.1, -0.05) is 0 Å². The third-order valence-electron chi connectivity index (χ3n) is 4.52. The van der Waals surface area contributed by atoms with Crippen LogP contribution in [0.1, 0.15) is 29.2 Å². The Bertz CT molecular complexity index is 1080. The lowest BCUT2D eigenvalue weighted by Gasteiger charge is -2.14. The summed E-state index contributed by atoms with van der Waals surface area (Å²) in [7, 11) is -3.65. The van der Waals surface area contributed by atoms with Crippen LogP contribution in [0, 0.1) is 6.92 Å². The van der Waals surface area contributed by atoms with Crippen molar-refractivity contribution in [3.05, 3.63) is 48.2 Å². The maximum atomic E-state index is 12.7. The van der Waals surface area contributed by atoms with Crippen molar-refractivity contribution in [1.29, 1.82) is 0 Å². The fourth-order valence-electron chi connectivity index (χ4n) is 3.07. The molecule has 1 aromatic carbocycles. The summed E-state index contributed by atoms with van der Waals surface area (Å²) in [5.74, 6) is -0.382. The molecule has 1 amide bonds. The Morgan fingerprint density at radius 1 is 1.18 bits per heavy atom. The van der Waals surface area contributed by atoms with Crippen LogP contribution >= 0.6 is 0 Å². The molecule has 0 spiro atoms. The van der Waals surface area contributed by atoms with E-state index < -0.39 is 15.9 Å². The molecule has 146 valence electrons. The number of carbonyl (C=O) groups is 1. The van der Waals surface area contributed by atoms with E-state index in [9.17, 15) is 13.2 Å². The van der Waals surface area contributed by atoms with Crippen LogP contribution in [0.25, 0.3) is 5.69 Å². The van der Waals surface area contributed by atoms with E-state index >= 15 is 0 Å². The summed E-state index contributed by atoms with van der Waals surface area (Å²) in [6.07, 6.45) is 3.13. The number of carbonyl (C=O) groups excluding carboxylic acids is 1. The number of amides is 1. The lowest BCUT2D eigenvalue weighted by molar-refractivity contribution is 0.0995. The maximum Gasteiger partial charge on any atom is 0.291 e. The van der Waals surface area contributed by atoms with Crippen molar-refractivity contribution in [1.82, 2.24) is 24.5 Å². The van der Waals surface area contributed by atoms with Crippen molar-refractivity contribution in [2.24, 2.45) is 0 Å². The molecule has 10 nitrogen and oxygen atoms in total. The quantitative estimate of drug-likeness (QED) is 0.687. The van der Waals surface area contributed by atoms with E-state index in [1.807, 2.05) is 0 Å². The molecular formula is C17H18N6O4S. The standard InChI is InChI=1S/C17H18N6O4S/c1-12-16(28(25,26)22-8-2-3-9-22)10-15(27-12)17(24)19-13-4-6-14(7-5-13)23-11-18-20-21-23/h4-7,10-11H,2-3,8-9H2,1H3,(H,19,24). The number of aryl methyl sites for hydroxylation is 1. The Labute approximate surface area is 161 Å². The number of tetrazole rings is 1. The minimum atomic E-state index is -3.65. The summed E-state index contributed by atoms with van der Waals surface area (Å²) in [6, 6.07) is 8.14. The van der Waals surface area contributed by atoms with Gasteiger partial charge in [0.15, 0.2) is 5.76 Å². The van der Waals surface area contributed by atoms with Gasteiger partial charge in [0, 0.05) is 24.8 Å². The summed E-state index contributed by atoms with van der Waals surface area (Å²) in [5.41, 5.74) is 1.26. The number of rotatable bonds is 5. The lowest BCUT2D eigenvalue weighted by Crippen LogP contribution is -2.28. The van der Waals surface area contributed by atoms with Gasteiger partial charge in [-0.3, -0.25) is 4.79 Å². The molecule has 0 bridgehead atoms. The summed E-state index contributed by atoms with van der Waals surface area (Å²) >= 11 is 0.